The maximum Gasteiger partial charge on any atom is 0.140 e. The molecular formula is C12H14FNS. The van der Waals surface area contributed by atoms with Crippen molar-refractivity contribution >= 4 is 21.4 Å². The van der Waals surface area contributed by atoms with Gasteiger partial charge in [-0.25, -0.2) is 4.39 Å². The van der Waals surface area contributed by atoms with Crippen LogP contribution < -0.4 is 5.32 Å². The highest BCUT2D eigenvalue weighted by molar-refractivity contribution is 7.19. The monoisotopic (exact) mass is 223 g/mol. The zero-order valence-electron chi connectivity index (χ0n) is 8.72. The van der Waals surface area contributed by atoms with Crippen LogP contribution >= 0.6 is 11.3 Å². The Morgan fingerprint density at radius 3 is 3.00 bits per heavy atom. The summed E-state index contributed by atoms with van der Waals surface area (Å²) in [6, 6.07) is 7.35. The summed E-state index contributed by atoms with van der Waals surface area (Å²) in [4.78, 5) is 1.27. The molecule has 80 valence electrons. The van der Waals surface area contributed by atoms with Gasteiger partial charge in [0.25, 0.3) is 0 Å². The first-order valence-corrected chi connectivity index (χ1v) is 5.94. The maximum atomic E-state index is 13.4. The van der Waals surface area contributed by atoms with Gasteiger partial charge in [0.2, 0.25) is 0 Å². The first-order valence-electron chi connectivity index (χ1n) is 5.13. The first kappa shape index (κ1) is 10.6. The van der Waals surface area contributed by atoms with Gasteiger partial charge in [-0.05, 0) is 44.0 Å². The summed E-state index contributed by atoms with van der Waals surface area (Å²) in [5, 5.41) is 4.14. The number of nitrogens with one attached hydrogen (secondary N) is 1. The molecule has 0 fully saturated rings. The summed E-state index contributed by atoms with van der Waals surface area (Å²) in [5.41, 5.74) is 0. The number of aryl methyl sites for hydroxylation is 1. The highest BCUT2D eigenvalue weighted by Crippen LogP contribution is 2.28. The van der Waals surface area contributed by atoms with E-state index in [9.17, 15) is 4.39 Å². The van der Waals surface area contributed by atoms with Crippen LogP contribution in [0.3, 0.4) is 0 Å². The molecule has 1 aromatic carbocycles. The molecule has 0 spiro atoms. The van der Waals surface area contributed by atoms with Crippen LogP contribution in [-0.2, 0) is 6.42 Å². The highest BCUT2D eigenvalue weighted by Gasteiger charge is 2.05. The molecule has 1 nitrogen and oxygen atoms in total. The predicted octanol–water partition coefficient (Wildman–Crippen LogP) is 3.19. The molecule has 0 saturated heterocycles. The molecule has 2 aromatic rings. The molecule has 0 aliphatic heterocycles. The molecule has 15 heavy (non-hydrogen) atoms. The largest absolute Gasteiger partial charge is 0.320 e. The Morgan fingerprint density at radius 1 is 1.40 bits per heavy atom. The van der Waals surface area contributed by atoms with Crippen LogP contribution in [0.5, 0.6) is 0 Å². The summed E-state index contributed by atoms with van der Waals surface area (Å²) in [5.74, 6) is -0.0997. The molecule has 0 unspecified atom stereocenters. The van der Waals surface area contributed by atoms with Crippen molar-refractivity contribution in [3.8, 4) is 0 Å². The molecule has 1 aromatic heterocycles. The van der Waals surface area contributed by atoms with Gasteiger partial charge in [-0.1, -0.05) is 12.1 Å². The van der Waals surface area contributed by atoms with Gasteiger partial charge >= 0.3 is 0 Å². The fourth-order valence-electron chi connectivity index (χ4n) is 1.64. The quantitative estimate of drug-likeness (QED) is 0.785. The standard InChI is InChI=1S/C12H14FNS/c1-14-7-3-5-10-8-9-4-2-6-11(13)12(9)15-10/h2,4,6,8,14H,3,5,7H2,1H3. The van der Waals surface area contributed by atoms with Gasteiger partial charge in [0.05, 0.1) is 4.70 Å². The summed E-state index contributed by atoms with van der Waals surface area (Å²) in [6.45, 7) is 1.01. The summed E-state index contributed by atoms with van der Waals surface area (Å²) in [7, 11) is 1.95. The summed E-state index contributed by atoms with van der Waals surface area (Å²) >= 11 is 1.57. The molecule has 0 bridgehead atoms. The van der Waals surface area contributed by atoms with Crippen molar-refractivity contribution in [2.75, 3.05) is 13.6 Å². The summed E-state index contributed by atoms with van der Waals surface area (Å²) in [6.07, 6.45) is 2.13. The summed E-state index contributed by atoms with van der Waals surface area (Å²) < 4.78 is 14.2. The Labute approximate surface area is 92.9 Å². The number of rotatable bonds is 4. The molecule has 0 amide bonds. The van der Waals surface area contributed by atoms with Crippen LogP contribution in [0.1, 0.15) is 11.3 Å². The Kier molecular flexibility index (Phi) is 3.34. The van der Waals surface area contributed by atoms with Gasteiger partial charge in [-0.3, -0.25) is 0 Å². The maximum absolute atomic E-state index is 13.4. The third-order valence-corrected chi connectivity index (χ3v) is 3.62. The van der Waals surface area contributed by atoms with Crippen molar-refractivity contribution in [3.63, 3.8) is 0 Å². The van der Waals surface area contributed by atoms with E-state index in [-0.39, 0.29) is 5.82 Å². The average molecular weight is 223 g/mol. The fourth-order valence-corrected chi connectivity index (χ4v) is 2.75. The van der Waals surface area contributed by atoms with E-state index in [0.717, 1.165) is 29.5 Å². The van der Waals surface area contributed by atoms with Crippen molar-refractivity contribution in [2.45, 2.75) is 12.8 Å². The minimum absolute atomic E-state index is 0.0997. The van der Waals surface area contributed by atoms with E-state index in [1.54, 1.807) is 17.4 Å². The molecule has 0 aliphatic rings. The average Bonchev–Trinajstić information content (AvgIpc) is 2.63. The van der Waals surface area contributed by atoms with Crippen molar-refractivity contribution in [1.29, 1.82) is 0 Å². The van der Waals surface area contributed by atoms with Gasteiger partial charge < -0.3 is 5.32 Å². The molecular weight excluding hydrogens is 209 g/mol. The van der Waals surface area contributed by atoms with Crippen LogP contribution in [0.4, 0.5) is 4.39 Å². The molecule has 0 radical (unpaired) electrons. The minimum atomic E-state index is -0.0997. The second kappa shape index (κ2) is 4.73. The van der Waals surface area contributed by atoms with Gasteiger partial charge in [0, 0.05) is 4.88 Å². The van der Waals surface area contributed by atoms with Crippen LogP contribution in [0.2, 0.25) is 0 Å². The lowest BCUT2D eigenvalue weighted by molar-refractivity contribution is 0.642. The molecule has 3 heteroatoms. The van der Waals surface area contributed by atoms with Crippen LogP contribution in [0, 0.1) is 5.82 Å². The van der Waals surface area contributed by atoms with E-state index in [2.05, 4.69) is 11.4 Å². The van der Waals surface area contributed by atoms with Gasteiger partial charge in [0.1, 0.15) is 5.82 Å². The molecule has 0 atom stereocenters. The smallest absolute Gasteiger partial charge is 0.140 e. The number of benzene rings is 1. The molecule has 0 saturated carbocycles. The molecule has 0 aliphatic carbocycles. The van der Waals surface area contributed by atoms with Crippen molar-refractivity contribution in [3.05, 3.63) is 35.0 Å². The van der Waals surface area contributed by atoms with Crippen molar-refractivity contribution in [2.24, 2.45) is 0 Å². The fraction of sp³-hybridized carbons (Fsp3) is 0.333. The molecule has 1 N–H and O–H groups in total. The van der Waals surface area contributed by atoms with E-state index >= 15 is 0 Å². The van der Waals surface area contributed by atoms with E-state index in [1.165, 1.54) is 10.9 Å². The normalized spacial score (nSPS) is 11.1. The van der Waals surface area contributed by atoms with Crippen molar-refractivity contribution < 1.29 is 4.39 Å². The highest BCUT2D eigenvalue weighted by atomic mass is 32.1. The van der Waals surface area contributed by atoms with E-state index in [0.29, 0.717) is 0 Å². The molecule has 1 heterocycles. The lowest BCUT2D eigenvalue weighted by Crippen LogP contribution is -2.07. The van der Waals surface area contributed by atoms with Gasteiger partial charge in [-0.15, -0.1) is 11.3 Å². The lowest BCUT2D eigenvalue weighted by Gasteiger charge is -1.95. The predicted molar refractivity (Wildman–Crippen MR) is 64.0 cm³/mol. The topological polar surface area (TPSA) is 12.0 Å². The SMILES string of the molecule is CNCCCc1cc2cccc(F)c2s1. The zero-order chi connectivity index (χ0) is 10.7. The van der Waals surface area contributed by atoms with Crippen LogP contribution in [0.15, 0.2) is 24.3 Å². The second-order valence-electron chi connectivity index (χ2n) is 3.58. The minimum Gasteiger partial charge on any atom is -0.320 e. The Balaban J connectivity index is 2.20. The Morgan fingerprint density at radius 2 is 2.27 bits per heavy atom. The van der Waals surface area contributed by atoms with Gasteiger partial charge in [-0.2, -0.15) is 0 Å². The van der Waals surface area contributed by atoms with Crippen LogP contribution in [0.25, 0.3) is 10.1 Å². The Hall–Kier alpha value is -0.930. The zero-order valence-corrected chi connectivity index (χ0v) is 9.53. The third-order valence-electron chi connectivity index (χ3n) is 2.40. The number of thiophene rings is 1. The van der Waals surface area contributed by atoms with E-state index in [4.69, 9.17) is 0 Å². The van der Waals surface area contributed by atoms with E-state index < -0.39 is 0 Å². The second-order valence-corrected chi connectivity index (χ2v) is 4.71. The van der Waals surface area contributed by atoms with Crippen molar-refractivity contribution in [1.82, 2.24) is 5.32 Å². The lowest BCUT2D eigenvalue weighted by atomic mass is 10.2. The van der Waals surface area contributed by atoms with Crippen LogP contribution in [-0.4, -0.2) is 13.6 Å². The number of hydrogen-bond donors (Lipinski definition) is 1. The number of halogens is 1. The Bertz CT molecular complexity index is 450. The van der Waals surface area contributed by atoms with E-state index in [1.807, 2.05) is 13.1 Å². The number of hydrogen-bond acceptors (Lipinski definition) is 2. The van der Waals surface area contributed by atoms with Gasteiger partial charge in [0.15, 0.2) is 0 Å². The third kappa shape index (κ3) is 2.36. The first-order chi connectivity index (χ1) is 7.31. The number of fused-ring (bicyclic) bond motifs is 1. The molecule has 2 rings (SSSR count).